The molecule has 9 nitrogen and oxygen atoms in total. The molecule has 0 radical (unpaired) electrons. The van der Waals surface area contributed by atoms with Gasteiger partial charge in [-0.3, -0.25) is 18.6 Å². The lowest BCUT2D eigenvalue weighted by molar-refractivity contribution is -0.161. The average molecular weight is 746 g/mol. The van der Waals surface area contributed by atoms with Crippen LogP contribution >= 0.6 is 7.82 Å². The Morgan fingerprint density at radius 2 is 1.00 bits per heavy atom. The van der Waals surface area contributed by atoms with Crippen molar-refractivity contribution in [1.29, 1.82) is 0 Å². The number of carbonyl (C=O) groups is 2. The molecule has 0 rings (SSSR count). The summed E-state index contributed by atoms with van der Waals surface area (Å²) in [4.78, 5) is 34.8. The molecule has 302 valence electrons. The average Bonchev–Trinajstić information content (AvgIpc) is 3.11. The van der Waals surface area contributed by atoms with Crippen molar-refractivity contribution < 1.29 is 37.6 Å². The predicted octanol–water partition coefficient (Wildman–Crippen LogP) is 11.8. The number of rotatable bonds is 41. The van der Waals surface area contributed by atoms with Crippen LogP contribution in [0.4, 0.5) is 0 Å². The van der Waals surface area contributed by atoms with E-state index in [0.29, 0.717) is 6.42 Å². The summed E-state index contributed by atoms with van der Waals surface area (Å²) in [5.74, 6) is -0.821. The number of phosphoric acid groups is 1. The van der Waals surface area contributed by atoms with E-state index in [1.807, 2.05) is 6.08 Å². The third kappa shape index (κ3) is 38.3. The zero-order valence-corrected chi connectivity index (χ0v) is 33.8. The first-order valence-corrected chi connectivity index (χ1v) is 22.6. The molecular formula is C41H80NO8P. The Balaban J connectivity index is 4.11. The number of nitrogens with two attached hydrogens (primary N) is 1. The van der Waals surface area contributed by atoms with E-state index in [-0.39, 0.29) is 38.6 Å². The smallest absolute Gasteiger partial charge is 0.462 e. The van der Waals surface area contributed by atoms with E-state index in [1.54, 1.807) is 0 Å². The quantitative estimate of drug-likeness (QED) is 0.0271. The second-order valence-corrected chi connectivity index (χ2v) is 15.8. The van der Waals surface area contributed by atoms with Crippen LogP contribution in [0.5, 0.6) is 0 Å². The largest absolute Gasteiger partial charge is 0.472 e. The number of carbonyl (C=O) groups excluding carboxylic acids is 2. The van der Waals surface area contributed by atoms with Gasteiger partial charge in [-0.1, -0.05) is 174 Å². The molecule has 0 amide bonds. The molecule has 0 saturated carbocycles. The SMILES string of the molecule is C=CCCCCCCCCCCCCCCCC(=O)OC[C@H](COP(=O)(O)OCCN)OC(=O)CCCCCCCCCCCCCCCCC. The Morgan fingerprint density at radius 1 is 0.608 bits per heavy atom. The first-order valence-electron chi connectivity index (χ1n) is 21.1. The van der Waals surface area contributed by atoms with Gasteiger partial charge in [-0.2, -0.15) is 0 Å². The van der Waals surface area contributed by atoms with Crippen LogP contribution in [0.3, 0.4) is 0 Å². The molecular weight excluding hydrogens is 665 g/mol. The standard InChI is InChI=1S/C41H80NO8P/c1-3-5-7-9-11-13-15-17-19-21-23-25-27-29-31-33-40(43)47-37-39(38-49-51(45,46)48-36-35-42)50-41(44)34-32-30-28-26-24-22-20-18-16-14-12-10-8-6-4-2/h3,39H,1,4-38,42H2,2H3,(H,45,46)/t39-/m1/s1. The van der Waals surface area contributed by atoms with Crippen molar-refractivity contribution in [2.45, 2.75) is 212 Å². The van der Waals surface area contributed by atoms with Crippen LogP contribution in [-0.2, 0) is 32.7 Å². The maximum Gasteiger partial charge on any atom is 0.472 e. The van der Waals surface area contributed by atoms with Crippen molar-refractivity contribution in [2.24, 2.45) is 5.73 Å². The second kappa shape index (κ2) is 38.5. The highest BCUT2D eigenvalue weighted by Crippen LogP contribution is 2.43. The minimum absolute atomic E-state index is 0.0559. The lowest BCUT2D eigenvalue weighted by atomic mass is 10.0. The van der Waals surface area contributed by atoms with Crippen LogP contribution in [0.15, 0.2) is 12.7 Å². The van der Waals surface area contributed by atoms with Crippen molar-refractivity contribution in [3.63, 3.8) is 0 Å². The molecule has 0 spiro atoms. The van der Waals surface area contributed by atoms with Crippen LogP contribution in [0.1, 0.15) is 206 Å². The van der Waals surface area contributed by atoms with Gasteiger partial charge in [0.15, 0.2) is 6.10 Å². The van der Waals surface area contributed by atoms with E-state index in [1.165, 1.54) is 141 Å². The summed E-state index contributed by atoms with van der Waals surface area (Å²) in [7, 11) is -4.37. The topological polar surface area (TPSA) is 134 Å². The summed E-state index contributed by atoms with van der Waals surface area (Å²) in [6.45, 7) is 5.27. The zero-order chi connectivity index (χ0) is 37.5. The molecule has 10 heteroatoms. The normalized spacial score (nSPS) is 13.2. The van der Waals surface area contributed by atoms with Gasteiger partial charge in [0.1, 0.15) is 6.61 Å². The van der Waals surface area contributed by atoms with Crippen molar-refractivity contribution >= 4 is 19.8 Å². The molecule has 0 saturated heterocycles. The van der Waals surface area contributed by atoms with Crippen LogP contribution in [-0.4, -0.2) is 49.3 Å². The molecule has 0 aliphatic carbocycles. The van der Waals surface area contributed by atoms with E-state index in [0.717, 1.165) is 38.5 Å². The van der Waals surface area contributed by atoms with Crippen molar-refractivity contribution in [2.75, 3.05) is 26.4 Å². The molecule has 0 aromatic heterocycles. The highest BCUT2D eigenvalue weighted by molar-refractivity contribution is 7.47. The Bertz CT molecular complexity index is 842. The van der Waals surface area contributed by atoms with E-state index < -0.39 is 26.5 Å². The summed E-state index contributed by atoms with van der Waals surface area (Å²) in [5.41, 5.74) is 5.34. The molecule has 0 heterocycles. The number of hydrogen-bond donors (Lipinski definition) is 2. The first kappa shape index (κ1) is 49.8. The van der Waals surface area contributed by atoms with E-state index in [4.69, 9.17) is 24.3 Å². The number of allylic oxidation sites excluding steroid dienone is 1. The molecule has 0 aliphatic heterocycles. The van der Waals surface area contributed by atoms with Gasteiger partial charge in [0.25, 0.3) is 0 Å². The van der Waals surface area contributed by atoms with E-state index in [9.17, 15) is 19.0 Å². The monoisotopic (exact) mass is 746 g/mol. The molecule has 0 bridgehead atoms. The lowest BCUT2D eigenvalue weighted by Crippen LogP contribution is -2.29. The van der Waals surface area contributed by atoms with Gasteiger partial charge < -0.3 is 20.1 Å². The van der Waals surface area contributed by atoms with E-state index >= 15 is 0 Å². The second-order valence-electron chi connectivity index (χ2n) is 14.3. The molecule has 51 heavy (non-hydrogen) atoms. The van der Waals surface area contributed by atoms with Gasteiger partial charge in [-0.15, -0.1) is 6.58 Å². The van der Waals surface area contributed by atoms with E-state index in [2.05, 4.69) is 13.5 Å². The number of hydrogen-bond acceptors (Lipinski definition) is 8. The Hall–Kier alpha value is -1.25. The lowest BCUT2D eigenvalue weighted by Gasteiger charge is -2.19. The Labute approximate surface area is 313 Å². The van der Waals surface area contributed by atoms with Gasteiger partial charge in [-0.05, 0) is 25.7 Å². The van der Waals surface area contributed by atoms with Gasteiger partial charge in [0, 0.05) is 19.4 Å². The molecule has 0 fully saturated rings. The summed E-state index contributed by atoms with van der Waals surface area (Å²) < 4.78 is 32.7. The van der Waals surface area contributed by atoms with Crippen molar-refractivity contribution in [3.05, 3.63) is 12.7 Å². The van der Waals surface area contributed by atoms with Crippen LogP contribution in [0.25, 0.3) is 0 Å². The fourth-order valence-corrected chi connectivity index (χ4v) is 6.91. The molecule has 0 aromatic rings. The fraction of sp³-hybridized carbons (Fsp3) is 0.902. The third-order valence-electron chi connectivity index (χ3n) is 9.30. The predicted molar refractivity (Wildman–Crippen MR) is 211 cm³/mol. The summed E-state index contributed by atoms with van der Waals surface area (Å²) >= 11 is 0. The summed E-state index contributed by atoms with van der Waals surface area (Å²) in [5, 5.41) is 0. The number of esters is 2. The molecule has 2 atom stereocenters. The Kier molecular flexibility index (Phi) is 37.5. The minimum Gasteiger partial charge on any atom is -0.462 e. The highest BCUT2D eigenvalue weighted by atomic mass is 31.2. The number of ether oxygens (including phenoxy) is 2. The summed E-state index contributed by atoms with van der Waals surface area (Å²) in [6.07, 6.45) is 37.0. The van der Waals surface area contributed by atoms with Gasteiger partial charge in [0.2, 0.25) is 0 Å². The van der Waals surface area contributed by atoms with Crippen molar-refractivity contribution in [3.8, 4) is 0 Å². The minimum atomic E-state index is -4.37. The van der Waals surface area contributed by atoms with Gasteiger partial charge in [-0.25, -0.2) is 4.57 Å². The third-order valence-corrected chi connectivity index (χ3v) is 10.3. The maximum atomic E-state index is 12.6. The van der Waals surface area contributed by atoms with Crippen LogP contribution < -0.4 is 5.73 Å². The summed E-state index contributed by atoms with van der Waals surface area (Å²) in [6, 6.07) is 0. The molecule has 1 unspecified atom stereocenters. The van der Waals surface area contributed by atoms with Gasteiger partial charge >= 0.3 is 19.8 Å². The number of phosphoric ester groups is 1. The van der Waals surface area contributed by atoms with Crippen molar-refractivity contribution in [1.82, 2.24) is 0 Å². The van der Waals surface area contributed by atoms with Crippen LogP contribution in [0, 0.1) is 0 Å². The molecule has 0 aliphatic rings. The fourth-order valence-electron chi connectivity index (χ4n) is 6.14. The zero-order valence-electron chi connectivity index (χ0n) is 32.9. The molecule has 3 N–H and O–H groups in total. The van der Waals surface area contributed by atoms with Crippen LogP contribution in [0.2, 0.25) is 0 Å². The first-order chi connectivity index (χ1) is 24.8. The van der Waals surface area contributed by atoms with Gasteiger partial charge in [0.05, 0.1) is 13.2 Å². The molecule has 0 aromatic carbocycles. The maximum absolute atomic E-state index is 12.6. The number of unbranched alkanes of at least 4 members (excludes halogenated alkanes) is 27. The Morgan fingerprint density at radius 3 is 1.41 bits per heavy atom. The highest BCUT2D eigenvalue weighted by Gasteiger charge is 2.26.